The lowest BCUT2D eigenvalue weighted by molar-refractivity contribution is 0.220. The summed E-state index contributed by atoms with van der Waals surface area (Å²) in [6.07, 6.45) is 2.70. The van der Waals surface area contributed by atoms with Gasteiger partial charge >= 0.3 is 0 Å². The van der Waals surface area contributed by atoms with Crippen LogP contribution in [0.2, 0.25) is 0 Å². The Morgan fingerprint density at radius 2 is 1.10 bits per heavy atom. The van der Waals surface area contributed by atoms with Crippen LogP contribution < -0.4 is 0 Å². The summed E-state index contributed by atoms with van der Waals surface area (Å²) in [5.41, 5.74) is 0.404. The van der Waals surface area contributed by atoms with E-state index in [1.54, 1.807) is 25.2 Å². The Balaban J connectivity index is 2.03. The second-order valence-electron chi connectivity index (χ2n) is 8.41. The van der Waals surface area contributed by atoms with Crippen molar-refractivity contribution in [3.8, 4) is 24.3 Å². The Hall–Kier alpha value is -2.45. The first-order chi connectivity index (χ1) is 13.7. The van der Waals surface area contributed by atoms with Crippen LogP contribution in [-0.4, -0.2) is 13.7 Å². The highest BCUT2D eigenvalue weighted by Crippen LogP contribution is 2.74. The first-order valence-corrected chi connectivity index (χ1v) is 11.5. The molecule has 29 heavy (non-hydrogen) atoms. The normalized spacial score (nSPS) is 33.3. The number of rotatable bonds is 0. The largest absolute Gasteiger partial charge is 0.258 e. The second kappa shape index (κ2) is 5.79. The molecule has 3 heterocycles. The maximum absolute atomic E-state index is 13.9. The van der Waals surface area contributed by atoms with E-state index >= 15 is 0 Å². The number of nitrogens with zero attached hydrogens (tertiary/aromatic N) is 4. The summed E-state index contributed by atoms with van der Waals surface area (Å²) < 4.78 is 11.2. The van der Waals surface area contributed by atoms with E-state index in [1.165, 1.54) is 20.9 Å². The molecule has 2 aliphatic heterocycles. The van der Waals surface area contributed by atoms with E-state index in [2.05, 4.69) is 13.8 Å². The minimum atomic E-state index is -1.97. The molecule has 5 nitrogen and oxygen atoms in total. The molecule has 0 radical (unpaired) electrons. The van der Waals surface area contributed by atoms with Crippen molar-refractivity contribution < 1.29 is 4.21 Å². The monoisotopic (exact) mass is 420 g/mol. The summed E-state index contributed by atoms with van der Waals surface area (Å²) in [5.74, 6) is 0. The number of nitriles is 4. The van der Waals surface area contributed by atoms with Crippen molar-refractivity contribution in [2.45, 2.75) is 62.9 Å². The quantitative estimate of drug-likeness (QED) is 0.591. The molecule has 0 N–H and O–H groups in total. The fourth-order valence-electron chi connectivity index (χ4n) is 6.18. The van der Waals surface area contributed by atoms with Crippen LogP contribution in [0.1, 0.15) is 47.6 Å². The lowest BCUT2D eigenvalue weighted by Gasteiger charge is -2.44. The van der Waals surface area contributed by atoms with Crippen molar-refractivity contribution in [3.05, 3.63) is 32.0 Å². The minimum absolute atomic E-state index is 0.592. The molecule has 7 heteroatoms. The van der Waals surface area contributed by atoms with Gasteiger partial charge in [0.15, 0.2) is 10.8 Å². The molecule has 1 aliphatic carbocycles. The molecule has 2 unspecified atom stereocenters. The van der Waals surface area contributed by atoms with Crippen LogP contribution in [-0.2, 0) is 23.6 Å². The van der Waals surface area contributed by atoms with Crippen LogP contribution >= 0.6 is 11.3 Å². The van der Waals surface area contributed by atoms with Gasteiger partial charge in [-0.2, -0.15) is 21.0 Å². The molecule has 2 bridgehead atoms. The molecule has 146 valence electrons. The van der Waals surface area contributed by atoms with Gasteiger partial charge in [0.2, 0.25) is 0 Å². The third-order valence-electron chi connectivity index (χ3n) is 7.69. The lowest BCUT2D eigenvalue weighted by atomic mass is 9.48. The van der Waals surface area contributed by atoms with Crippen LogP contribution in [0.15, 0.2) is 11.1 Å². The van der Waals surface area contributed by atoms with Gasteiger partial charge in [-0.1, -0.05) is 0 Å². The fraction of sp³-hybridized carbons (Fsp3) is 0.545. The van der Waals surface area contributed by atoms with Gasteiger partial charge in [0.1, 0.15) is 0 Å². The fourth-order valence-corrected chi connectivity index (χ4v) is 10.1. The van der Waals surface area contributed by atoms with Crippen LogP contribution in [0.25, 0.3) is 0 Å². The van der Waals surface area contributed by atoms with Gasteiger partial charge in [0, 0.05) is 20.6 Å². The topological polar surface area (TPSA) is 112 Å². The molecular weight excluding hydrogens is 400 g/mol. The zero-order chi connectivity index (χ0) is 21.4. The SMILES string of the molecule is Cc1sc(C)c2c1CCC1=C(CC2)C2(C)S(=O)C1(C)C(C#N)(C#N)C2(C#N)C#N. The average Bonchev–Trinajstić information content (AvgIpc) is 3.08. The minimum Gasteiger partial charge on any atom is -0.258 e. The zero-order valence-corrected chi connectivity index (χ0v) is 18.5. The lowest BCUT2D eigenvalue weighted by Crippen LogP contribution is -2.56. The summed E-state index contributed by atoms with van der Waals surface area (Å²) in [7, 11) is -1.73. The number of aryl methyl sites for hydroxylation is 2. The first kappa shape index (κ1) is 19.8. The predicted octanol–water partition coefficient (Wildman–Crippen LogP) is 3.90. The Morgan fingerprint density at radius 1 is 0.759 bits per heavy atom. The van der Waals surface area contributed by atoms with Crippen molar-refractivity contribution in [1.82, 2.24) is 0 Å². The van der Waals surface area contributed by atoms with E-state index in [0.717, 1.165) is 24.0 Å². The molecule has 1 aromatic heterocycles. The van der Waals surface area contributed by atoms with E-state index in [4.69, 9.17) is 0 Å². The van der Waals surface area contributed by atoms with Crippen LogP contribution in [0.3, 0.4) is 0 Å². The van der Waals surface area contributed by atoms with Gasteiger partial charge < -0.3 is 0 Å². The summed E-state index contributed by atoms with van der Waals surface area (Å²) in [4.78, 5) is 2.55. The maximum atomic E-state index is 13.9. The van der Waals surface area contributed by atoms with E-state index in [0.29, 0.717) is 12.8 Å². The van der Waals surface area contributed by atoms with Crippen molar-refractivity contribution in [1.29, 1.82) is 21.0 Å². The molecular formula is C22H20N4OS2. The second-order valence-corrected chi connectivity index (χ2v) is 12.0. The molecule has 0 amide bonds. The van der Waals surface area contributed by atoms with E-state index in [-0.39, 0.29) is 0 Å². The Kier molecular flexibility index (Phi) is 3.97. The molecule has 1 fully saturated rings. The Labute approximate surface area is 177 Å². The summed E-state index contributed by atoms with van der Waals surface area (Å²) >= 11 is 1.78. The van der Waals surface area contributed by atoms with E-state index < -0.39 is 31.1 Å². The van der Waals surface area contributed by atoms with Crippen molar-refractivity contribution >= 4 is 22.1 Å². The molecule has 0 spiro atoms. The number of fused-ring (bicyclic) bond motifs is 5. The van der Waals surface area contributed by atoms with Gasteiger partial charge in [0.25, 0.3) is 0 Å². The molecule has 3 aliphatic rings. The van der Waals surface area contributed by atoms with Gasteiger partial charge in [0.05, 0.1) is 33.8 Å². The molecule has 2 atom stereocenters. The van der Waals surface area contributed by atoms with Gasteiger partial charge in [-0.15, -0.1) is 11.3 Å². The molecule has 0 aromatic carbocycles. The van der Waals surface area contributed by atoms with Crippen LogP contribution in [0, 0.1) is 70.0 Å². The highest BCUT2D eigenvalue weighted by molar-refractivity contribution is 7.89. The third kappa shape index (κ3) is 1.73. The maximum Gasteiger partial charge on any atom is 0.197 e. The Bertz CT molecular complexity index is 1080. The van der Waals surface area contributed by atoms with Crippen LogP contribution in [0.5, 0.6) is 0 Å². The van der Waals surface area contributed by atoms with Crippen molar-refractivity contribution in [2.24, 2.45) is 10.8 Å². The standard InChI is InChI=1S/C22H20N4OS2/c1-13-15-5-7-17-18(8-6-16(15)14(2)28-13)20(4)22(11-25,12-26)21(9-23,10-24)19(17,3)29(20)27/h5-8H2,1-4H3. The molecule has 4 rings (SSSR count). The number of thiophene rings is 1. The van der Waals surface area contributed by atoms with E-state index in [1.807, 2.05) is 24.3 Å². The summed E-state index contributed by atoms with van der Waals surface area (Å²) in [6, 6.07) is 8.08. The Morgan fingerprint density at radius 3 is 1.41 bits per heavy atom. The van der Waals surface area contributed by atoms with Gasteiger partial charge in [-0.05, 0) is 75.7 Å². The van der Waals surface area contributed by atoms with E-state index in [9.17, 15) is 25.3 Å². The molecule has 1 aromatic rings. The third-order valence-corrected chi connectivity index (χ3v) is 11.4. The van der Waals surface area contributed by atoms with Gasteiger partial charge in [-0.25, -0.2) is 0 Å². The van der Waals surface area contributed by atoms with Crippen LogP contribution in [0.4, 0.5) is 0 Å². The van der Waals surface area contributed by atoms with Crippen molar-refractivity contribution in [2.75, 3.05) is 0 Å². The molecule has 0 saturated carbocycles. The van der Waals surface area contributed by atoms with Gasteiger partial charge in [-0.3, -0.25) is 4.21 Å². The highest BCUT2D eigenvalue weighted by Gasteiger charge is 2.87. The summed E-state index contributed by atoms with van der Waals surface area (Å²) in [6.45, 7) is 7.56. The first-order valence-electron chi connectivity index (χ1n) is 9.54. The smallest absolute Gasteiger partial charge is 0.197 e. The molecule has 1 saturated heterocycles. The predicted molar refractivity (Wildman–Crippen MR) is 110 cm³/mol. The highest BCUT2D eigenvalue weighted by atomic mass is 32.2. The number of hydrogen-bond acceptors (Lipinski definition) is 6. The number of hydrogen-bond donors (Lipinski definition) is 0. The zero-order valence-electron chi connectivity index (χ0n) is 16.8. The summed E-state index contributed by atoms with van der Waals surface area (Å²) in [5, 5.41) is 40.5. The van der Waals surface area contributed by atoms with Crippen molar-refractivity contribution in [3.63, 3.8) is 0 Å². The average molecular weight is 421 g/mol.